The maximum atomic E-state index is 13.5. The Morgan fingerprint density at radius 2 is 1.49 bits per heavy atom. The summed E-state index contributed by atoms with van der Waals surface area (Å²) in [5, 5.41) is -0.195. The second-order valence-electron chi connectivity index (χ2n) is 10.6. The van der Waals surface area contributed by atoms with Crippen LogP contribution >= 0.6 is 0 Å². The van der Waals surface area contributed by atoms with Crippen molar-refractivity contribution in [1.82, 2.24) is 0 Å². The topological polar surface area (TPSA) is 80.3 Å². The lowest BCUT2D eigenvalue weighted by atomic mass is 9.64. The van der Waals surface area contributed by atoms with E-state index in [1.807, 2.05) is 48.5 Å². The number of carbonyl (C=O) groups is 2. The fraction of sp³-hybridized carbons (Fsp3) is 0.481. The quantitative estimate of drug-likeness (QED) is 0.421. The first-order valence-corrected chi connectivity index (χ1v) is 14.6. The van der Waals surface area contributed by atoms with Crippen molar-refractivity contribution in [1.29, 1.82) is 0 Å². The highest BCUT2D eigenvalue weighted by atomic mass is 28.4. The molecule has 35 heavy (non-hydrogen) atoms. The molecular formula is C27H34O7Si. The first kappa shape index (κ1) is 25.4. The molecule has 0 amide bonds. The maximum Gasteiger partial charge on any atom is 0.315 e. The van der Waals surface area contributed by atoms with E-state index in [0.717, 1.165) is 11.1 Å². The van der Waals surface area contributed by atoms with Gasteiger partial charge in [0.2, 0.25) is 5.79 Å². The molecule has 0 radical (unpaired) electrons. The zero-order chi connectivity index (χ0) is 25.8. The number of ether oxygens (including phenoxy) is 4. The van der Waals surface area contributed by atoms with E-state index < -0.39 is 43.5 Å². The van der Waals surface area contributed by atoms with Crippen molar-refractivity contribution in [2.75, 3.05) is 21.3 Å². The van der Waals surface area contributed by atoms with Gasteiger partial charge in [0.1, 0.15) is 23.2 Å². The van der Waals surface area contributed by atoms with Gasteiger partial charge in [-0.15, -0.1) is 0 Å². The van der Waals surface area contributed by atoms with Crippen LogP contribution < -0.4 is 4.74 Å². The molecule has 1 fully saturated rings. The Hall–Kier alpha value is -2.68. The fourth-order valence-corrected chi connectivity index (χ4v) is 6.47. The van der Waals surface area contributed by atoms with Crippen molar-refractivity contribution in [3.05, 3.63) is 65.2 Å². The average Bonchev–Trinajstić information content (AvgIpc) is 3.29. The van der Waals surface area contributed by atoms with Crippen LogP contribution in [-0.2, 0) is 39.6 Å². The Kier molecular flexibility index (Phi) is 6.14. The molecule has 4 rings (SSSR count). The smallest absolute Gasteiger partial charge is 0.315 e. The van der Waals surface area contributed by atoms with Crippen molar-refractivity contribution < 1.29 is 33.0 Å². The van der Waals surface area contributed by atoms with Gasteiger partial charge in [-0.1, -0.05) is 51.1 Å². The van der Waals surface area contributed by atoms with Gasteiger partial charge in [-0.25, -0.2) is 0 Å². The number of esters is 2. The molecule has 188 valence electrons. The predicted molar refractivity (Wildman–Crippen MR) is 132 cm³/mol. The highest BCUT2D eigenvalue weighted by Gasteiger charge is 2.77. The largest absolute Gasteiger partial charge is 0.497 e. The van der Waals surface area contributed by atoms with Crippen LogP contribution in [0.2, 0.25) is 18.1 Å². The lowest BCUT2D eigenvalue weighted by Crippen LogP contribution is -2.54. The monoisotopic (exact) mass is 498 g/mol. The van der Waals surface area contributed by atoms with Crippen molar-refractivity contribution >= 4 is 20.3 Å². The van der Waals surface area contributed by atoms with Gasteiger partial charge in [-0.05, 0) is 41.9 Å². The molecule has 2 aliphatic rings. The van der Waals surface area contributed by atoms with E-state index in [0.29, 0.717) is 11.3 Å². The summed E-state index contributed by atoms with van der Waals surface area (Å²) >= 11 is 0. The van der Waals surface area contributed by atoms with Crippen LogP contribution in [0.15, 0.2) is 48.5 Å². The van der Waals surface area contributed by atoms with Crippen molar-refractivity contribution in [3.8, 4) is 5.75 Å². The summed E-state index contributed by atoms with van der Waals surface area (Å²) in [5.41, 5.74) is 0.802. The highest BCUT2D eigenvalue weighted by molar-refractivity contribution is 6.74. The molecule has 0 N–H and O–H groups in total. The van der Waals surface area contributed by atoms with Gasteiger partial charge in [0.05, 0.1) is 21.3 Å². The van der Waals surface area contributed by atoms with E-state index in [-0.39, 0.29) is 5.04 Å². The summed E-state index contributed by atoms with van der Waals surface area (Å²) in [7, 11) is 1.66. The molecule has 0 saturated carbocycles. The van der Waals surface area contributed by atoms with Crippen LogP contribution in [0.25, 0.3) is 0 Å². The first-order valence-electron chi connectivity index (χ1n) is 11.7. The standard InChI is InChI=1S/C27H34O7Si/c1-25(2,3)35(7,8)34-27-19-15-14-18(30-4)16-20(19)26(33-27,17-12-10-9-11-13-17)21(23(28)31-5)22(27)24(29)32-6/h9-16,21-22H,1-8H3/t21-,22-,26-,27-/m0/s1. The first-order chi connectivity index (χ1) is 16.4. The molecule has 4 atom stereocenters. The number of carbonyl (C=O) groups excluding carboxylic acids is 2. The van der Waals surface area contributed by atoms with Crippen LogP contribution in [0.3, 0.4) is 0 Å². The van der Waals surface area contributed by atoms with Gasteiger partial charge in [0, 0.05) is 11.1 Å². The summed E-state index contributed by atoms with van der Waals surface area (Å²) in [4.78, 5) is 27.0. The van der Waals surface area contributed by atoms with Gasteiger partial charge in [0.25, 0.3) is 0 Å². The molecule has 2 bridgehead atoms. The average molecular weight is 499 g/mol. The van der Waals surface area contributed by atoms with E-state index in [4.69, 9.17) is 23.4 Å². The Morgan fingerprint density at radius 3 is 2.03 bits per heavy atom. The third-order valence-electron chi connectivity index (χ3n) is 7.82. The molecule has 0 aromatic heterocycles. The molecule has 8 heteroatoms. The number of benzene rings is 2. The van der Waals surface area contributed by atoms with Crippen molar-refractivity contribution in [3.63, 3.8) is 0 Å². The summed E-state index contributed by atoms with van der Waals surface area (Å²) in [6, 6.07) is 15.0. The van der Waals surface area contributed by atoms with Gasteiger partial charge in [0.15, 0.2) is 8.32 Å². The zero-order valence-electron chi connectivity index (χ0n) is 21.6. The SMILES string of the molecule is COC(=O)[C@@H]1[C@@H](C(=O)OC)[C@@]2(c3ccccc3)O[C@]1(O[Si](C)(C)C(C)(C)C)c1ccc(OC)cc12. The third-order valence-corrected chi connectivity index (χ3v) is 12.2. The number of hydrogen-bond donors (Lipinski definition) is 0. The van der Waals surface area contributed by atoms with Gasteiger partial charge < -0.3 is 23.4 Å². The summed E-state index contributed by atoms with van der Waals surface area (Å²) in [6.45, 7) is 10.5. The van der Waals surface area contributed by atoms with E-state index in [2.05, 4.69) is 33.9 Å². The van der Waals surface area contributed by atoms with Crippen molar-refractivity contribution in [2.45, 2.75) is 50.3 Å². The number of fused-ring (bicyclic) bond motifs is 5. The molecule has 2 aliphatic heterocycles. The van der Waals surface area contributed by atoms with E-state index in [1.54, 1.807) is 7.11 Å². The van der Waals surface area contributed by atoms with Gasteiger partial charge in [-0.3, -0.25) is 9.59 Å². The van der Waals surface area contributed by atoms with E-state index in [9.17, 15) is 9.59 Å². The summed E-state index contributed by atoms with van der Waals surface area (Å²) < 4.78 is 30.0. The molecule has 0 aliphatic carbocycles. The summed E-state index contributed by atoms with van der Waals surface area (Å²) in [6.07, 6.45) is 0. The van der Waals surface area contributed by atoms with Gasteiger partial charge in [-0.2, -0.15) is 0 Å². The minimum Gasteiger partial charge on any atom is -0.497 e. The van der Waals surface area contributed by atoms with Gasteiger partial charge >= 0.3 is 11.9 Å². The summed E-state index contributed by atoms with van der Waals surface area (Å²) in [5.74, 6) is -4.19. The lowest BCUT2D eigenvalue weighted by Gasteiger charge is -2.45. The minimum absolute atomic E-state index is 0.195. The Morgan fingerprint density at radius 1 is 0.886 bits per heavy atom. The second-order valence-corrected chi connectivity index (χ2v) is 15.4. The number of hydrogen-bond acceptors (Lipinski definition) is 7. The fourth-order valence-electron chi connectivity index (χ4n) is 5.13. The zero-order valence-corrected chi connectivity index (χ0v) is 22.6. The maximum absolute atomic E-state index is 13.5. The molecule has 7 nitrogen and oxygen atoms in total. The third kappa shape index (κ3) is 3.53. The molecular weight excluding hydrogens is 464 g/mol. The molecule has 0 spiro atoms. The van der Waals surface area contributed by atoms with E-state index in [1.165, 1.54) is 14.2 Å². The van der Waals surface area contributed by atoms with E-state index >= 15 is 0 Å². The highest BCUT2D eigenvalue weighted by Crippen LogP contribution is 2.68. The molecule has 2 heterocycles. The Labute approximate surface area is 207 Å². The van der Waals surface area contributed by atoms with Crippen LogP contribution in [0, 0.1) is 11.8 Å². The van der Waals surface area contributed by atoms with Crippen LogP contribution in [0.5, 0.6) is 5.75 Å². The number of methoxy groups -OCH3 is 3. The second kappa shape index (κ2) is 8.46. The molecule has 2 aromatic carbocycles. The number of rotatable bonds is 6. The predicted octanol–water partition coefficient (Wildman–Crippen LogP) is 4.74. The van der Waals surface area contributed by atoms with Crippen molar-refractivity contribution in [2.24, 2.45) is 11.8 Å². The van der Waals surface area contributed by atoms with Crippen LogP contribution in [0.4, 0.5) is 0 Å². The minimum atomic E-state index is -2.55. The molecule has 1 saturated heterocycles. The normalized spacial score (nSPS) is 27.3. The Bertz CT molecular complexity index is 1140. The lowest BCUT2D eigenvalue weighted by molar-refractivity contribution is -0.217. The molecule has 2 aromatic rings. The Balaban J connectivity index is 2.11. The van der Waals surface area contributed by atoms with Crippen LogP contribution in [0.1, 0.15) is 37.5 Å². The molecule has 0 unspecified atom stereocenters. The van der Waals surface area contributed by atoms with Crippen LogP contribution in [-0.4, -0.2) is 41.6 Å².